The van der Waals surface area contributed by atoms with Gasteiger partial charge in [-0.15, -0.1) is 0 Å². The van der Waals surface area contributed by atoms with E-state index in [1.807, 2.05) is 4.90 Å². The van der Waals surface area contributed by atoms with Crippen LogP contribution in [-0.4, -0.2) is 62.9 Å². The molecule has 1 N–H and O–H groups in total. The number of morpholine rings is 1. The van der Waals surface area contributed by atoms with Crippen molar-refractivity contribution in [3.05, 3.63) is 0 Å². The van der Waals surface area contributed by atoms with Crippen molar-refractivity contribution in [2.24, 2.45) is 0 Å². The molecule has 1 heterocycles. The highest BCUT2D eigenvalue weighted by Gasteiger charge is 2.36. The van der Waals surface area contributed by atoms with E-state index in [0.29, 0.717) is 32.4 Å². The lowest BCUT2D eigenvalue weighted by atomic mass is 10.2. The molecule has 0 aromatic heterocycles. The molecule has 1 saturated heterocycles. The van der Waals surface area contributed by atoms with E-state index in [2.05, 4.69) is 5.32 Å². The van der Waals surface area contributed by atoms with Gasteiger partial charge < -0.3 is 19.7 Å². The number of carbonyl (C=O) groups excluding carboxylic acids is 1. The second-order valence-corrected chi connectivity index (χ2v) is 4.34. The number of hydrogen-bond donors (Lipinski definition) is 1. The molecule has 92 valence electrons. The van der Waals surface area contributed by atoms with Crippen LogP contribution >= 0.6 is 0 Å². The van der Waals surface area contributed by atoms with Gasteiger partial charge in [0.05, 0.1) is 19.8 Å². The van der Waals surface area contributed by atoms with Crippen LogP contribution in [0.15, 0.2) is 0 Å². The third-order valence-corrected chi connectivity index (χ3v) is 3.03. The summed E-state index contributed by atoms with van der Waals surface area (Å²) in [6, 6.07) is 0.276. The van der Waals surface area contributed by atoms with Crippen molar-refractivity contribution >= 4 is 5.91 Å². The van der Waals surface area contributed by atoms with Crippen LogP contribution in [0.4, 0.5) is 0 Å². The largest absolute Gasteiger partial charge is 0.383 e. The number of rotatable bonds is 5. The van der Waals surface area contributed by atoms with Crippen molar-refractivity contribution in [3.8, 4) is 0 Å². The van der Waals surface area contributed by atoms with Crippen LogP contribution in [0.3, 0.4) is 0 Å². The molecule has 2 rings (SSSR count). The molecule has 0 bridgehead atoms. The Morgan fingerprint density at radius 1 is 1.56 bits per heavy atom. The highest BCUT2D eigenvalue weighted by Crippen LogP contribution is 2.27. The molecule has 1 saturated carbocycles. The summed E-state index contributed by atoms with van der Waals surface area (Å²) in [5, 5.41) is 3.20. The van der Waals surface area contributed by atoms with Crippen molar-refractivity contribution in [2.75, 3.05) is 40.0 Å². The van der Waals surface area contributed by atoms with Crippen LogP contribution in [0.25, 0.3) is 0 Å². The summed E-state index contributed by atoms with van der Waals surface area (Å²) in [5.41, 5.74) is 0. The standard InChI is InChI=1S/C11H20N2O3/c1-15-7-5-13(9-2-3-9)11(14)10-8-16-6-4-12-10/h9-10,12H,2-8H2,1H3. The lowest BCUT2D eigenvalue weighted by Gasteiger charge is -2.30. The van der Waals surface area contributed by atoms with Crippen molar-refractivity contribution < 1.29 is 14.3 Å². The molecule has 0 radical (unpaired) electrons. The number of carbonyl (C=O) groups is 1. The summed E-state index contributed by atoms with van der Waals surface area (Å²) in [6.07, 6.45) is 2.26. The van der Waals surface area contributed by atoms with E-state index in [1.165, 1.54) is 0 Å². The van der Waals surface area contributed by atoms with Gasteiger partial charge in [-0.1, -0.05) is 0 Å². The Morgan fingerprint density at radius 3 is 2.94 bits per heavy atom. The number of methoxy groups -OCH3 is 1. The first-order chi connectivity index (χ1) is 7.83. The number of nitrogens with one attached hydrogen (secondary N) is 1. The maximum Gasteiger partial charge on any atom is 0.242 e. The van der Waals surface area contributed by atoms with Crippen LogP contribution in [-0.2, 0) is 14.3 Å². The molecule has 1 aliphatic carbocycles. The first kappa shape index (κ1) is 11.8. The maximum absolute atomic E-state index is 12.2. The average molecular weight is 228 g/mol. The Bertz CT molecular complexity index is 237. The Morgan fingerprint density at radius 2 is 2.38 bits per heavy atom. The topological polar surface area (TPSA) is 50.8 Å². The third kappa shape index (κ3) is 2.93. The highest BCUT2D eigenvalue weighted by molar-refractivity contribution is 5.82. The summed E-state index contributed by atoms with van der Waals surface area (Å²) in [7, 11) is 1.66. The van der Waals surface area contributed by atoms with Gasteiger partial charge in [0.2, 0.25) is 5.91 Å². The Balaban J connectivity index is 1.87. The lowest BCUT2D eigenvalue weighted by Crippen LogP contribution is -2.53. The number of amides is 1. The van der Waals surface area contributed by atoms with E-state index < -0.39 is 0 Å². The Kier molecular flexibility index (Phi) is 4.15. The van der Waals surface area contributed by atoms with Gasteiger partial charge in [-0.2, -0.15) is 0 Å². The van der Waals surface area contributed by atoms with E-state index >= 15 is 0 Å². The molecule has 2 fully saturated rings. The normalized spacial score (nSPS) is 25.4. The van der Waals surface area contributed by atoms with E-state index in [4.69, 9.17) is 9.47 Å². The molecule has 1 unspecified atom stereocenters. The van der Waals surface area contributed by atoms with E-state index in [9.17, 15) is 4.79 Å². The smallest absolute Gasteiger partial charge is 0.242 e. The van der Waals surface area contributed by atoms with Gasteiger partial charge in [0, 0.05) is 26.2 Å². The van der Waals surface area contributed by atoms with Gasteiger partial charge in [0.25, 0.3) is 0 Å². The highest BCUT2D eigenvalue weighted by atomic mass is 16.5. The summed E-state index contributed by atoms with van der Waals surface area (Å²) in [6.45, 7) is 3.26. The fourth-order valence-electron chi connectivity index (χ4n) is 1.97. The zero-order valence-electron chi connectivity index (χ0n) is 9.78. The quantitative estimate of drug-likeness (QED) is 0.696. The van der Waals surface area contributed by atoms with Crippen molar-refractivity contribution in [3.63, 3.8) is 0 Å². The van der Waals surface area contributed by atoms with E-state index in [0.717, 1.165) is 19.4 Å². The van der Waals surface area contributed by atoms with Crippen molar-refractivity contribution in [1.82, 2.24) is 10.2 Å². The predicted octanol–water partition coefficient (Wildman–Crippen LogP) is -0.388. The van der Waals surface area contributed by atoms with Crippen LogP contribution in [0.2, 0.25) is 0 Å². The van der Waals surface area contributed by atoms with E-state index in [1.54, 1.807) is 7.11 Å². The summed E-state index contributed by atoms with van der Waals surface area (Å²) in [5.74, 6) is 0.166. The zero-order valence-corrected chi connectivity index (χ0v) is 9.78. The fraction of sp³-hybridized carbons (Fsp3) is 0.909. The van der Waals surface area contributed by atoms with E-state index in [-0.39, 0.29) is 11.9 Å². The molecule has 1 atom stereocenters. The molecule has 0 aromatic rings. The summed E-state index contributed by atoms with van der Waals surface area (Å²) in [4.78, 5) is 14.2. The van der Waals surface area contributed by atoms with Gasteiger partial charge >= 0.3 is 0 Å². The molecule has 0 aromatic carbocycles. The maximum atomic E-state index is 12.2. The fourth-order valence-corrected chi connectivity index (χ4v) is 1.97. The minimum atomic E-state index is -0.161. The van der Waals surface area contributed by atoms with Gasteiger partial charge in [-0.25, -0.2) is 0 Å². The zero-order chi connectivity index (χ0) is 11.4. The summed E-state index contributed by atoms with van der Waals surface area (Å²) >= 11 is 0. The third-order valence-electron chi connectivity index (χ3n) is 3.03. The summed E-state index contributed by atoms with van der Waals surface area (Å²) < 4.78 is 10.4. The van der Waals surface area contributed by atoms with Crippen molar-refractivity contribution in [2.45, 2.75) is 24.9 Å². The minimum Gasteiger partial charge on any atom is -0.383 e. The van der Waals surface area contributed by atoms with Gasteiger partial charge in [0.1, 0.15) is 6.04 Å². The molecule has 1 amide bonds. The van der Waals surface area contributed by atoms with Crippen molar-refractivity contribution in [1.29, 1.82) is 0 Å². The monoisotopic (exact) mass is 228 g/mol. The molecular formula is C11H20N2O3. The first-order valence-corrected chi connectivity index (χ1v) is 5.93. The van der Waals surface area contributed by atoms with Gasteiger partial charge in [-0.3, -0.25) is 4.79 Å². The lowest BCUT2D eigenvalue weighted by molar-refractivity contribution is -0.137. The number of hydrogen-bond acceptors (Lipinski definition) is 4. The van der Waals surface area contributed by atoms with Gasteiger partial charge in [0.15, 0.2) is 0 Å². The van der Waals surface area contributed by atoms with Gasteiger partial charge in [-0.05, 0) is 12.8 Å². The predicted molar refractivity (Wildman–Crippen MR) is 59.2 cm³/mol. The second kappa shape index (κ2) is 5.61. The number of ether oxygens (including phenoxy) is 2. The number of nitrogens with zero attached hydrogens (tertiary/aromatic N) is 1. The average Bonchev–Trinajstić information content (AvgIpc) is 3.15. The first-order valence-electron chi connectivity index (χ1n) is 5.93. The van der Waals surface area contributed by atoms with Crippen LogP contribution < -0.4 is 5.32 Å². The molecule has 2 aliphatic rings. The Labute approximate surface area is 96.1 Å². The second-order valence-electron chi connectivity index (χ2n) is 4.34. The molecule has 16 heavy (non-hydrogen) atoms. The van der Waals surface area contributed by atoms with Crippen LogP contribution in [0.5, 0.6) is 0 Å². The van der Waals surface area contributed by atoms with Crippen LogP contribution in [0.1, 0.15) is 12.8 Å². The SMILES string of the molecule is COCCN(C(=O)C1COCCN1)C1CC1. The molecule has 5 nitrogen and oxygen atoms in total. The minimum absolute atomic E-state index is 0.161. The molecule has 0 spiro atoms. The molecular weight excluding hydrogens is 208 g/mol. The Hall–Kier alpha value is -0.650. The molecule has 1 aliphatic heterocycles. The van der Waals surface area contributed by atoms with Crippen LogP contribution in [0, 0.1) is 0 Å². The molecule has 5 heteroatoms.